The zero-order valence-corrected chi connectivity index (χ0v) is 19.3. The van der Waals surface area contributed by atoms with E-state index in [0.29, 0.717) is 30.2 Å². The lowest BCUT2D eigenvalue weighted by molar-refractivity contribution is -0.104. The van der Waals surface area contributed by atoms with Gasteiger partial charge in [0.05, 0.1) is 12.9 Å². The lowest BCUT2D eigenvalue weighted by atomic mass is 9.79. The van der Waals surface area contributed by atoms with E-state index in [1.54, 1.807) is 13.2 Å². The zero-order valence-electron chi connectivity index (χ0n) is 19.3. The van der Waals surface area contributed by atoms with E-state index in [-0.39, 0.29) is 0 Å². The zero-order chi connectivity index (χ0) is 23.1. The number of aldehydes is 1. The summed E-state index contributed by atoms with van der Waals surface area (Å²) in [4.78, 5) is 10.1. The monoisotopic (exact) mass is 426 g/mol. The van der Waals surface area contributed by atoms with Crippen LogP contribution in [-0.2, 0) is 16.1 Å². The number of carbonyl (C=O) groups is 1. The van der Waals surface area contributed by atoms with Crippen molar-refractivity contribution in [3.05, 3.63) is 65.9 Å². The number of nitrogens with two attached hydrogens (primary N) is 2. The standard InChI is InChI=1S/C16H20O2.C8H12N2O.C2H6/c1-13-3-5-14(6-4-13)15-7-9-16(10-8-15)18-12-2-11-17;1-11-5-6-2-7(9)4-8(10)3-6;1-2/h2,7-14H,3-6H2,1H3;2-4H,5,9-10H2,1H3;1-2H3/b12-2+;;. The minimum atomic E-state index is 0.551. The van der Waals surface area contributed by atoms with E-state index >= 15 is 0 Å². The molecule has 1 aliphatic carbocycles. The van der Waals surface area contributed by atoms with Gasteiger partial charge in [0.1, 0.15) is 12.0 Å². The van der Waals surface area contributed by atoms with Crippen molar-refractivity contribution in [3.63, 3.8) is 0 Å². The van der Waals surface area contributed by atoms with Crippen molar-refractivity contribution < 1.29 is 14.3 Å². The number of methoxy groups -OCH3 is 1. The molecule has 31 heavy (non-hydrogen) atoms. The van der Waals surface area contributed by atoms with Crippen molar-refractivity contribution in [2.75, 3.05) is 18.6 Å². The smallest absolute Gasteiger partial charge is 0.145 e. The molecule has 0 bridgehead atoms. The van der Waals surface area contributed by atoms with Crippen molar-refractivity contribution in [1.82, 2.24) is 0 Å². The third-order valence-corrected chi connectivity index (χ3v) is 5.08. The fourth-order valence-corrected chi connectivity index (χ4v) is 3.56. The molecule has 2 aromatic carbocycles. The summed E-state index contributed by atoms with van der Waals surface area (Å²) in [6, 6.07) is 13.7. The van der Waals surface area contributed by atoms with Gasteiger partial charge in [-0.05, 0) is 66.1 Å². The molecule has 3 rings (SSSR count). The SMILES string of the molecule is CC.CC1CCC(c2ccc(O/C=C/C=O)cc2)CC1.COCc1cc(N)cc(N)c1. The molecule has 5 heteroatoms. The highest BCUT2D eigenvalue weighted by atomic mass is 16.5. The molecule has 0 saturated heterocycles. The second-order valence-electron chi connectivity index (χ2n) is 7.55. The fourth-order valence-electron chi connectivity index (χ4n) is 3.56. The predicted molar refractivity (Wildman–Crippen MR) is 130 cm³/mol. The van der Waals surface area contributed by atoms with Crippen LogP contribution >= 0.6 is 0 Å². The number of nitrogen functional groups attached to an aromatic ring is 2. The van der Waals surface area contributed by atoms with Crippen LogP contribution in [0.2, 0.25) is 0 Å². The van der Waals surface area contributed by atoms with Gasteiger partial charge in [-0.15, -0.1) is 0 Å². The summed E-state index contributed by atoms with van der Waals surface area (Å²) in [6.45, 7) is 6.89. The Balaban J connectivity index is 0.000000317. The molecule has 1 aliphatic rings. The summed E-state index contributed by atoms with van der Waals surface area (Å²) in [5.74, 6) is 2.37. The lowest BCUT2D eigenvalue weighted by Gasteiger charge is -2.26. The molecule has 0 aliphatic heterocycles. The fraction of sp³-hybridized carbons (Fsp3) is 0.423. The first-order valence-corrected chi connectivity index (χ1v) is 11.0. The summed E-state index contributed by atoms with van der Waals surface area (Å²) in [6.07, 6.45) is 8.73. The Morgan fingerprint density at radius 3 is 2.06 bits per heavy atom. The van der Waals surface area contributed by atoms with Gasteiger partial charge in [0, 0.05) is 24.6 Å². The van der Waals surface area contributed by atoms with Gasteiger partial charge in [-0.2, -0.15) is 0 Å². The largest absolute Gasteiger partial charge is 0.465 e. The maximum atomic E-state index is 10.1. The molecular formula is C26H38N2O3. The van der Waals surface area contributed by atoms with Crippen molar-refractivity contribution in [2.45, 2.75) is 59.0 Å². The van der Waals surface area contributed by atoms with Crippen LogP contribution in [0.1, 0.15) is 63.5 Å². The maximum absolute atomic E-state index is 10.1. The minimum Gasteiger partial charge on any atom is -0.465 e. The molecule has 2 aromatic rings. The molecule has 0 aromatic heterocycles. The number of benzene rings is 2. The van der Waals surface area contributed by atoms with Crippen LogP contribution in [0.25, 0.3) is 0 Å². The van der Waals surface area contributed by atoms with Crippen LogP contribution in [0.3, 0.4) is 0 Å². The average molecular weight is 427 g/mol. The number of rotatable bonds is 6. The molecule has 0 amide bonds. The normalized spacial score (nSPS) is 17.7. The first-order valence-electron chi connectivity index (χ1n) is 11.0. The van der Waals surface area contributed by atoms with E-state index in [0.717, 1.165) is 17.2 Å². The molecule has 0 heterocycles. The molecule has 1 saturated carbocycles. The highest BCUT2D eigenvalue weighted by Crippen LogP contribution is 2.35. The van der Waals surface area contributed by atoms with Gasteiger partial charge in [-0.1, -0.05) is 45.7 Å². The van der Waals surface area contributed by atoms with Gasteiger partial charge in [0.2, 0.25) is 0 Å². The van der Waals surface area contributed by atoms with Gasteiger partial charge in [0.15, 0.2) is 0 Å². The van der Waals surface area contributed by atoms with Gasteiger partial charge >= 0.3 is 0 Å². The Bertz CT molecular complexity index is 759. The second kappa shape index (κ2) is 15.1. The van der Waals surface area contributed by atoms with Crippen LogP contribution in [0.5, 0.6) is 5.75 Å². The van der Waals surface area contributed by atoms with Crippen molar-refractivity contribution in [2.24, 2.45) is 5.92 Å². The Hall–Kier alpha value is -2.79. The van der Waals surface area contributed by atoms with Gasteiger partial charge in [-0.25, -0.2) is 0 Å². The van der Waals surface area contributed by atoms with E-state index in [1.165, 1.54) is 43.6 Å². The average Bonchev–Trinajstić information content (AvgIpc) is 2.77. The van der Waals surface area contributed by atoms with Crippen LogP contribution in [0.4, 0.5) is 11.4 Å². The predicted octanol–water partition coefficient (Wildman–Crippen LogP) is 6.10. The first-order chi connectivity index (χ1) is 15.0. The lowest BCUT2D eigenvalue weighted by Crippen LogP contribution is -2.10. The third-order valence-electron chi connectivity index (χ3n) is 5.08. The highest BCUT2D eigenvalue weighted by molar-refractivity contribution is 5.64. The minimum absolute atomic E-state index is 0.551. The third kappa shape index (κ3) is 10.2. The summed E-state index contributed by atoms with van der Waals surface area (Å²) in [5.41, 5.74) is 14.9. The molecule has 4 N–H and O–H groups in total. The number of anilines is 2. The van der Waals surface area contributed by atoms with E-state index in [1.807, 2.05) is 38.1 Å². The van der Waals surface area contributed by atoms with Crippen LogP contribution in [0, 0.1) is 5.92 Å². The maximum Gasteiger partial charge on any atom is 0.145 e. The van der Waals surface area contributed by atoms with E-state index < -0.39 is 0 Å². The number of hydrogen-bond acceptors (Lipinski definition) is 5. The summed E-state index contributed by atoms with van der Waals surface area (Å²) < 4.78 is 10.2. The number of allylic oxidation sites excluding steroid dienone is 1. The van der Waals surface area contributed by atoms with Gasteiger partial charge in [0.25, 0.3) is 0 Å². The van der Waals surface area contributed by atoms with Crippen LogP contribution < -0.4 is 16.2 Å². The van der Waals surface area contributed by atoms with E-state index in [4.69, 9.17) is 20.9 Å². The van der Waals surface area contributed by atoms with Crippen LogP contribution in [-0.4, -0.2) is 13.4 Å². The Morgan fingerprint density at radius 2 is 1.55 bits per heavy atom. The Morgan fingerprint density at radius 1 is 0.968 bits per heavy atom. The van der Waals surface area contributed by atoms with Crippen LogP contribution in [0.15, 0.2) is 54.8 Å². The summed E-state index contributed by atoms with van der Waals surface area (Å²) in [7, 11) is 1.64. The molecule has 5 nitrogen and oxygen atoms in total. The number of carbonyl (C=O) groups excluding carboxylic acids is 1. The van der Waals surface area contributed by atoms with E-state index in [9.17, 15) is 4.79 Å². The molecular weight excluding hydrogens is 388 g/mol. The van der Waals surface area contributed by atoms with E-state index in [2.05, 4.69) is 19.1 Å². The second-order valence-corrected chi connectivity index (χ2v) is 7.55. The molecule has 1 fully saturated rings. The molecule has 170 valence electrons. The topological polar surface area (TPSA) is 87.6 Å². The quantitative estimate of drug-likeness (QED) is 0.252. The Labute approximate surface area is 187 Å². The number of hydrogen-bond donors (Lipinski definition) is 2. The molecule has 0 unspecified atom stereocenters. The first kappa shape index (κ1) is 26.2. The molecule has 0 atom stereocenters. The summed E-state index contributed by atoms with van der Waals surface area (Å²) in [5, 5.41) is 0. The molecule has 0 radical (unpaired) electrons. The van der Waals surface area contributed by atoms with Gasteiger partial charge < -0.3 is 20.9 Å². The number of ether oxygens (including phenoxy) is 2. The highest BCUT2D eigenvalue weighted by Gasteiger charge is 2.19. The van der Waals surface area contributed by atoms with Crippen molar-refractivity contribution in [1.29, 1.82) is 0 Å². The summed E-state index contributed by atoms with van der Waals surface area (Å²) >= 11 is 0. The Kier molecular flexibility index (Phi) is 12.8. The van der Waals surface area contributed by atoms with Gasteiger partial charge in [-0.3, -0.25) is 4.79 Å². The van der Waals surface area contributed by atoms with Crippen molar-refractivity contribution >= 4 is 17.7 Å². The van der Waals surface area contributed by atoms with Crippen molar-refractivity contribution in [3.8, 4) is 5.75 Å². The molecule has 0 spiro atoms.